The van der Waals surface area contributed by atoms with Crippen LogP contribution in [-0.2, 0) is 4.79 Å². The zero-order valence-corrected chi connectivity index (χ0v) is 14.0. The van der Waals surface area contributed by atoms with Crippen LogP contribution in [0.15, 0.2) is 71.5 Å². The SMILES string of the molecule is O=C(O)CCCS.c1ccc(-c2ncoc2-c2ccccc2)cc1. The van der Waals surface area contributed by atoms with Gasteiger partial charge in [0.1, 0.15) is 5.69 Å². The summed E-state index contributed by atoms with van der Waals surface area (Å²) < 4.78 is 5.49. The highest BCUT2D eigenvalue weighted by Crippen LogP contribution is 2.30. The molecule has 1 N–H and O–H groups in total. The third-order valence-electron chi connectivity index (χ3n) is 3.20. The van der Waals surface area contributed by atoms with Gasteiger partial charge in [-0.2, -0.15) is 12.6 Å². The van der Waals surface area contributed by atoms with Crippen LogP contribution in [0.3, 0.4) is 0 Å². The summed E-state index contributed by atoms with van der Waals surface area (Å²) in [6.45, 7) is 0. The highest BCUT2D eigenvalue weighted by atomic mass is 32.1. The Balaban J connectivity index is 0.000000256. The number of oxazole rings is 1. The Morgan fingerprint density at radius 2 is 1.58 bits per heavy atom. The lowest BCUT2D eigenvalue weighted by atomic mass is 10.1. The van der Waals surface area contributed by atoms with Gasteiger partial charge in [0.15, 0.2) is 12.2 Å². The van der Waals surface area contributed by atoms with Crippen LogP contribution in [0.4, 0.5) is 0 Å². The monoisotopic (exact) mass is 341 g/mol. The van der Waals surface area contributed by atoms with Crippen molar-refractivity contribution in [3.05, 3.63) is 67.1 Å². The molecule has 0 aliphatic carbocycles. The summed E-state index contributed by atoms with van der Waals surface area (Å²) in [4.78, 5) is 14.0. The Labute approximate surface area is 146 Å². The Bertz CT molecular complexity index is 688. The van der Waals surface area contributed by atoms with Crippen LogP contribution in [0, 0.1) is 0 Å². The first kappa shape index (κ1) is 17.8. The summed E-state index contributed by atoms with van der Waals surface area (Å²) in [6, 6.07) is 20.1. The van der Waals surface area contributed by atoms with Crippen molar-refractivity contribution in [2.45, 2.75) is 12.8 Å². The number of aromatic nitrogens is 1. The standard InChI is InChI=1S/C15H11NO.C4H8O2S/c1-3-7-12(8-4-1)14-15(17-11-16-14)13-9-5-2-6-10-13;5-4(6)2-1-3-7/h1-11H;7H,1-3H2,(H,5,6). The molecule has 0 unspecified atom stereocenters. The minimum Gasteiger partial charge on any atom is -0.481 e. The smallest absolute Gasteiger partial charge is 0.303 e. The molecule has 0 spiro atoms. The molecule has 3 aromatic rings. The fraction of sp³-hybridized carbons (Fsp3) is 0.158. The zero-order valence-electron chi connectivity index (χ0n) is 13.1. The first-order chi connectivity index (χ1) is 11.7. The van der Waals surface area contributed by atoms with Crippen LogP contribution in [0.5, 0.6) is 0 Å². The van der Waals surface area contributed by atoms with Crippen molar-refractivity contribution in [3.8, 4) is 22.6 Å². The molecule has 3 rings (SSSR count). The number of hydrogen-bond acceptors (Lipinski definition) is 4. The van der Waals surface area contributed by atoms with E-state index in [9.17, 15) is 4.79 Å². The van der Waals surface area contributed by atoms with Gasteiger partial charge in [-0.1, -0.05) is 60.7 Å². The minimum atomic E-state index is -0.742. The fourth-order valence-electron chi connectivity index (χ4n) is 2.07. The van der Waals surface area contributed by atoms with E-state index in [4.69, 9.17) is 9.52 Å². The molecule has 1 aromatic heterocycles. The van der Waals surface area contributed by atoms with Gasteiger partial charge in [-0.15, -0.1) is 0 Å². The number of nitrogens with zero attached hydrogens (tertiary/aromatic N) is 1. The van der Waals surface area contributed by atoms with Crippen molar-refractivity contribution in [1.82, 2.24) is 4.98 Å². The van der Waals surface area contributed by atoms with Gasteiger partial charge in [-0.05, 0) is 12.2 Å². The third-order valence-corrected chi connectivity index (χ3v) is 3.52. The van der Waals surface area contributed by atoms with Gasteiger partial charge in [0.2, 0.25) is 0 Å². The van der Waals surface area contributed by atoms with Gasteiger partial charge in [0, 0.05) is 17.5 Å². The van der Waals surface area contributed by atoms with Gasteiger partial charge in [-0.3, -0.25) is 4.79 Å². The maximum absolute atomic E-state index is 9.72. The molecule has 1 heterocycles. The quantitative estimate of drug-likeness (QED) is 0.655. The average molecular weight is 341 g/mol. The van der Waals surface area contributed by atoms with Gasteiger partial charge in [-0.25, -0.2) is 4.98 Å². The molecule has 0 atom stereocenters. The van der Waals surface area contributed by atoms with Crippen molar-refractivity contribution in [2.24, 2.45) is 0 Å². The molecule has 0 amide bonds. The molecule has 124 valence electrons. The predicted octanol–water partition coefficient (Wildman–Crippen LogP) is 4.79. The number of carbonyl (C=O) groups is 1. The molecule has 0 fully saturated rings. The molecule has 24 heavy (non-hydrogen) atoms. The van der Waals surface area contributed by atoms with E-state index < -0.39 is 5.97 Å². The molecule has 0 radical (unpaired) electrons. The molecule has 0 aliphatic heterocycles. The zero-order chi connectivity index (χ0) is 17.2. The lowest BCUT2D eigenvalue weighted by molar-refractivity contribution is -0.137. The van der Waals surface area contributed by atoms with Crippen molar-refractivity contribution in [3.63, 3.8) is 0 Å². The minimum absolute atomic E-state index is 0.240. The number of benzene rings is 2. The Morgan fingerprint density at radius 1 is 1.00 bits per heavy atom. The maximum atomic E-state index is 9.72. The molecular weight excluding hydrogens is 322 g/mol. The molecule has 0 saturated heterocycles. The van der Waals surface area contributed by atoms with E-state index in [1.165, 1.54) is 6.39 Å². The van der Waals surface area contributed by atoms with Crippen LogP contribution in [0.2, 0.25) is 0 Å². The van der Waals surface area contributed by atoms with E-state index >= 15 is 0 Å². The maximum Gasteiger partial charge on any atom is 0.303 e. The topological polar surface area (TPSA) is 63.3 Å². The van der Waals surface area contributed by atoms with Gasteiger partial charge in [0.25, 0.3) is 0 Å². The average Bonchev–Trinajstić information content (AvgIpc) is 3.12. The summed E-state index contributed by atoms with van der Waals surface area (Å²) in [5, 5.41) is 8.01. The number of aliphatic carboxylic acids is 1. The number of carboxylic acids is 1. The lowest BCUT2D eigenvalue weighted by Crippen LogP contribution is -1.93. The molecule has 4 nitrogen and oxygen atoms in total. The summed E-state index contributed by atoms with van der Waals surface area (Å²) >= 11 is 3.83. The van der Waals surface area contributed by atoms with Crippen LogP contribution in [0.1, 0.15) is 12.8 Å². The second-order valence-corrected chi connectivity index (χ2v) is 5.43. The van der Waals surface area contributed by atoms with Gasteiger partial charge in [0.05, 0.1) is 0 Å². The van der Waals surface area contributed by atoms with E-state index in [2.05, 4.69) is 17.6 Å². The number of carboxylic acid groups (broad SMARTS) is 1. The predicted molar refractivity (Wildman–Crippen MR) is 98.1 cm³/mol. The van der Waals surface area contributed by atoms with E-state index in [1.807, 2.05) is 60.7 Å². The number of hydrogen-bond donors (Lipinski definition) is 2. The summed E-state index contributed by atoms with van der Waals surface area (Å²) in [7, 11) is 0. The number of thiol groups is 1. The van der Waals surface area contributed by atoms with E-state index in [0.29, 0.717) is 12.2 Å². The largest absolute Gasteiger partial charge is 0.481 e. The molecule has 0 saturated carbocycles. The third kappa shape index (κ3) is 5.28. The van der Waals surface area contributed by atoms with Crippen molar-refractivity contribution >= 4 is 18.6 Å². The summed E-state index contributed by atoms with van der Waals surface area (Å²) in [6.07, 6.45) is 2.40. The molecule has 5 heteroatoms. The van der Waals surface area contributed by atoms with Crippen molar-refractivity contribution in [1.29, 1.82) is 0 Å². The summed E-state index contributed by atoms with van der Waals surface area (Å²) in [5.41, 5.74) is 3.00. The molecular formula is C19H19NO3S. The molecule has 2 aromatic carbocycles. The van der Waals surface area contributed by atoms with E-state index in [1.54, 1.807) is 0 Å². The molecule has 0 aliphatic rings. The Morgan fingerprint density at radius 3 is 2.08 bits per heavy atom. The van der Waals surface area contributed by atoms with Crippen molar-refractivity contribution < 1.29 is 14.3 Å². The number of rotatable bonds is 5. The normalized spacial score (nSPS) is 9.88. The first-order valence-corrected chi connectivity index (χ1v) is 8.22. The summed E-state index contributed by atoms with van der Waals surface area (Å²) in [5.74, 6) is 0.734. The van der Waals surface area contributed by atoms with Gasteiger partial charge < -0.3 is 9.52 Å². The van der Waals surface area contributed by atoms with E-state index in [-0.39, 0.29) is 6.42 Å². The highest BCUT2D eigenvalue weighted by molar-refractivity contribution is 7.80. The van der Waals surface area contributed by atoms with Crippen LogP contribution < -0.4 is 0 Å². The Hall–Kier alpha value is -2.53. The second kappa shape index (κ2) is 9.57. The van der Waals surface area contributed by atoms with Crippen LogP contribution in [0.25, 0.3) is 22.6 Å². The second-order valence-electron chi connectivity index (χ2n) is 4.98. The van der Waals surface area contributed by atoms with Crippen LogP contribution in [-0.4, -0.2) is 21.8 Å². The molecule has 0 bridgehead atoms. The van der Waals surface area contributed by atoms with E-state index in [0.717, 1.165) is 22.6 Å². The fourth-order valence-corrected chi connectivity index (χ4v) is 2.23. The Kier molecular flexibility index (Phi) is 7.11. The van der Waals surface area contributed by atoms with Crippen molar-refractivity contribution in [2.75, 3.05) is 5.75 Å². The van der Waals surface area contributed by atoms with Crippen LogP contribution >= 0.6 is 12.6 Å². The lowest BCUT2D eigenvalue weighted by Gasteiger charge is -2.00. The first-order valence-electron chi connectivity index (χ1n) is 7.59. The highest BCUT2D eigenvalue weighted by Gasteiger charge is 2.11. The van der Waals surface area contributed by atoms with Gasteiger partial charge >= 0.3 is 5.97 Å².